The van der Waals surface area contributed by atoms with E-state index >= 15 is 0 Å². The molecule has 202 valence electrons. The number of amides is 1. The summed E-state index contributed by atoms with van der Waals surface area (Å²) >= 11 is 1.54. The van der Waals surface area contributed by atoms with Crippen molar-refractivity contribution in [1.82, 2.24) is 15.0 Å². The second-order valence-corrected chi connectivity index (χ2v) is 16.1. The summed E-state index contributed by atoms with van der Waals surface area (Å²) in [5, 5.41) is 6.11. The predicted octanol–water partition coefficient (Wildman–Crippen LogP) is 4.77. The van der Waals surface area contributed by atoms with E-state index in [4.69, 9.17) is 15.0 Å². The molecule has 0 radical (unpaired) electrons. The van der Waals surface area contributed by atoms with Crippen molar-refractivity contribution < 1.29 is 18.9 Å². The standard InChI is InChI=1S/C29H32N4O4SSi/c1-39(2,35)17-20-12-21(27-31-26(32-37-27)25-4-3-11-38-25)15-22(13-20)28(34)33-9-7-29(8-10-33)18-36-24-6-5-19(16-30)14-23(24)29/h3-6,11-15,35H,7-10,16-18,30H2,1-2H3. The smallest absolute Gasteiger partial charge is 0.258 e. The Morgan fingerprint density at radius 3 is 2.69 bits per heavy atom. The van der Waals surface area contributed by atoms with E-state index in [0.717, 1.165) is 34.6 Å². The minimum Gasteiger partial charge on any atom is -0.492 e. The van der Waals surface area contributed by atoms with Crippen molar-refractivity contribution in [3.05, 3.63) is 76.2 Å². The first-order chi connectivity index (χ1) is 18.7. The first-order valence-electron chi connectivity index (χ1n) is 13.2. The molecule has 1 saturated heterocycles. The normalized spacial score (nSPS) is 16.4. The van der Waals surface area contributed by atoms with Crippen LogP contribution < -0.4 is 10.5 Å². The molecule has 0 unspecified atom stereocenters. The van der Waals surface area contributed by atoms with Crippen LogP contribution in [0.1, 0.15) is 39.9 Å². The van der Waals surface area contributed by atoms with Gasteiger partial charge in [-0.2, -0.15) is 4.98 Å². The van der Waals surface area contributed by atoms with E-state index in [-0.39, 0.29) is 11.3 Å². The van der Waals surface area contributed by atoms with Crippen molar-refractivity contribution in [3.8, 4) is 27.9 Å². The Morgan fingerprint density at radius 2 is 1.97 bits per heavy atom. The van der Waals surface area contributed by atoms with Gasteiger partial charge in [-0.25, -0.2) is 0 Å². The molecule has 0 saturated carbocycles. The number of likely N-dealkylation sites (tertiary alicyclic amines) is 1. The SMILES string of the molecule is C[Si](C)(O)Cc1cc(C(=O)N2CCC3(CC2)COc2ccc(CN)cc23)cc(-c2nc(-c3cccs3)no2)c1. The lowest BCUT2D eigenvalue weighted by atomic mass is 9.74. The van der Waals surface area contributed by atoms with Crippen molar-refractivity contribution >= 4 is 25.6 Å². The Morgan fingerprint density at radius 1 is 1.15 bits per heavy atom. The Balaban J connectivity index is 1.26. The largest absolute Gasteiger partial charge is 0.492 e. The third kappa shape index (κ3) is 5.17. The lowest BCUT2D eigenvalue weighted by molar-refractivity contribution is 0.0646. The van der Waals surface area contributed by atoms with E-state index in [9.17, 15) is 9.59 Å². The molecule has 2 aromatic heterocycles. The molecular formula is C29H32N4O4SSi. The summed E-state index contributed by atoms with van der Waals surface area (Å²) in [6.45, 7) is 6.19. The Kier molecular flexibility index (Phi) is 6.66. The van der Waals surface area contributed by atoms with E-state index in [0.29, 0.717) is 55.1 Å². The first-order valence-corrected chi connectivity index (χ1v) is 17.3. The zero-order valence-corrected chi connectivity index (χ0v) is 24.0. The van der Waals surface area contributed by atoms with Gasteiger partial charge in [0.05, 0.1) is 11.5 Å². The highest BCUT2D eigenvalue weighted by Gasteiger charge is 2.44. The second-order valence-electron chi connectivity index (χ2n) is 11.2. The van der Waals surface area contributed by atoms with Gasteiger partial charge < -0.3 is 24.7 Å². The molecule has 8 nitrogen and oxygen atoms in total. The molecule has 1 amide bonds. The molecule has 1 spiro atoms. The molecule has 2 aromatic carbocycles. The maximum Gasteiger partial charge on any atom is 0.258 e. The van der Waals surface area contributed by atoms with Crippen LogP contribution in [-0.2, 0) is 18.0 Å². The number of benzene rings is 2. The highest BCUT2D eigenvalue weighted by atomic mass is 32.1. The molecular weight excluding hydrogens is 528 g/mol. The molecule has 6 rings (SSSR count). The number of nitrogens with zero attached hydrogens (tertiary/aromatic N) is 3. The van der Waals surface area contributed by atoms with Crippen molar-refractivity contribution in [3.63, 3.8) is 0 Å². The molecule has 10 heteroatoms. The van der Waals surface area contributed by atoms with Crippen molar-refractivity contribution in [1.29, 1.82) is 0 Å². The van der Waals surface area contributed by atoms with Crippen LogP contribution in [0.4, 0.5) is 0 Å². The van der Waals surface area contributed by atoms with Crippen LogP contribution in [0.3, 0.4) is 0 Å². The molecule has 1 fully saturated rings. The van der Waals surface area contributed by atoms with Gasteiger partial charge in [0.25, 0.3) is 11.8 Å². The number of fused-ring (bicyclic) bond motifs is 2. The second kappa shape index (κ2) is 10.0. The number of nitrogens with two attached hydrogens (primary N) is 1. The van der Waals surface area contributed by atoms with Crippen LogP contribution in [0, 0.1) is 0 Å². The Labute approximate surface area is 232 Å². The molecule has 0 aliphatic carbocycles. The van der Waals surface area contributed by atoms with E-state index in [2.05, 4.69) is 16.2 Å². The maximum atomic E-state index is 13.8. The van der Waals surface area contributed by atoms with Gasteiger partial charge in [-0.05, 0) is 78.8 Å². The maximum absolute atomic E-state index is 13.8. The summed E-state index contributed by atoms with van der Waals surface area (Å²) in [5.41, 5.74) is 10.3. The number of aromatic nitrogens is 2. The fraction of sp³-hybridized carbons (Fsp3) is 0.345. The summed E-state index contributed by atoms with van der Waals surface area (Å²) in [6, 6.07) is 16.3. The fourth-order valence-electron chi connectivity index (χ4n) is 5.66. The lowest BCUT2D eigenvalue weighted by Crippen LogP contribution is -2.46. The van der Waals surface area contributed by atoms with Crippen molar-refractivity contribution in [2.24, 2.45) is 5.73 Å². The third-order valence-corrected chi connectivity index (χ3v) is 9.79. The Bertz CT molecular complexity index is 1500. The molecule has 4 heterocycles. The summed E-state index contributed by atoms with van der Waals surface area (Å²) in [6.07, 6.45) is 1.66. The number of thiophene rings is 1. The molecule has 39 heavy (non-hydrogen) atoms. The van der Waals surface area contributed by atoms with Gasteiger partial charge in [0, 0.05) is 41.7 Å². The van der Waals surface area contributed by atoms with Crippen LogP contribution in [-0.4, -0.2) is 53.8 Å². The molecule has 0 atom stereocenters. The molecule has 0 bridgehead atoms. The Hall–Kier alpha value is -3.31. The van der Waals surface area contributed by atoms with Gasteiger partial charge in [0.1, 0.15) is 5.75 Å². The highest BCUT2D eigenvalue weighted by molar-refractivity contribution is 7.13. The number of ether oxygens (including phenoxy) is 1. The molecule has 2 aliphatic rings. The number of carbonyl (C=O) groups excluding carboxylic acids is 1. The van der Waals surface area contributed by atoms with E-state index < -0.39 is 8.32 Å². The zero-order chi connectivity index (χ0) is 27.2. The lowest BCUT2D eigenvalue weighted by Gasteiger charge is -2.38. The van der Waals surface area contributed by atoms with E-state index in [1.807, 2.05) is 65.8 Å². The van der Waals surface area contributed by atoms with Crippen LogP contribution in [0.25, 0.3) is 22.2 Å². The first kappa shape index (κ1) is 25.9. The van der Waals surface area contributed by atoms with Gasteiger partial charge >= 0.3 is 0 Å². The monoisotopic (exact) mass is 560 g/mol. The van der Waals surface area contributed by atoms with Crippen LogP contribution in [0.5, 0.6) is 5.75 Å². The van der Waals surface area contributed by atoms with Crippen molar-refractivity contribution in [2.45, 2.75) is 43.9 Å². The average molecular weight is 561 g/mol. The van der Waals surface area contributed by atoms with Crippen LogP contribution >= 0.6 is 11.3 Å². The summed E-state index contributed by atoms with van der Waals surface area (Å²) in [4.78, 5) is 31.9. The van der Waals surface area contributed by atoms with Gasteiger partial charge in [-0.1, -0.05) is 23.4 Å². The van der Waals surface area contributed by atoms with Gasteiger partial charge in [-0.3, -0.25) is 4.79 Å². The highest BCUT2D eigenvalue weighted by Crippen LogP contribution is 2.46. The van der Waals surface area contributed by atoms with Gasteiger partial charge in [-0.15, -0.1) is 11.3 Å². The van der Waals surface area contributed by atoms with E-state index in [1.165, 1.54) is 16.9 Å². The number of hydrogen-bond donors (Lipinski definition) is 2. The number of hydrogen-bond acceptors (Lipinski definition) is 8. The van der Waals surface area contributed by atoms with Crippen molar-refractivity contribution in [2.75, 3.05) is 19.7 Å². The number of rotatable bonds is 6. The van der Waals surface area contributed by atoms with Gasteiger partial charge in [0.2, 0.25) is 5.82 Å². The van der Waals surface area contributed by atoms with Gasteiger partial charge in [0.15, 0.2) is 8.32 Å². The number of piperidine rings is 1. The topological polar surface area (TPSA) is 115 Å². The number of carbonyl (C=O) groups is 1. The minimum absolute atomic E-state index is 0.0294. The summed E-state index contributed by atoms with van der Waals surface area (Å²) < 4.78 is 11.6. The zero-order valence-electron chi connectivity index (χ0n) is 22.1. The molecule has 4 aromatic rings. The average Bonchev–Trinajstić information content (AvgIpc) is 3.68. The minimum atomic E-state index is -2.43. The fourth-order valence-corrected chi connectivity index (χ4v) is 7.51. The molecule has 3 N–H and O–H groups in total. The summed E-state index contributed by atoms with van der Waals surface area (Å²) in [5.74, 6) is 1.79. The van der Waals surface area contributed by atoms with Crippen LogP contribution in [0.2, 0.25) is 13.1 Å². The third-order valence-electron chi connectivity index (χ3n) is 7.65. The van der Waals surface area contributed by atoms with Crippen LogP contribution in [0.15, 0.2) is 58.4 Å². The quantitative estimate of drug-likeness (QED) is 0.327. The summed E-state index contributed by atoms with van der Waals surface area (Å²) in [7, 11) is -2.43. The predicted molar refractivity (Wildman–Crippen MR) is 153 cm³/mol. The molecule has 2 aliphatic heterocycles. The van der Waals surface area contributed by atoms with E-state index in [1.54, 1.807) is 0 Å².